The van der Waals surface area contributed by atoms with Crippen molar-refractivity contribution in [1.29, 1.82) is 0 Å². The summed E-state index contributed by atoms with van der Waals surface area (Å²) in [7, 11) is 0. The fourth-order valence-electron chi connectivity index (χ4n) is 1.61. The summed E-state index contributed by atoms with van der Waals surface area (Å²) in [5.74, 6) is -0.232. The van der Waals surface area contributed by atoms with Gasteiger partial charge < -0.3 is 0 Å². The number of rotatable bonds is 6. The molecule has 0 saturated heterocycles. The number of carbonyl (C=O) groups excluding carboxylic acids is 1. The first-order chi connectivity index (χ1) is 7.67. The summed E-state index contributed by atoms with van der Waals surface area (Å²) in [6.07, 6.45) is 0.184. The summed E-state index contributed by atoms with van der Waals surface area (Å²) in [6.45, 7) is 6.13. The minimum atomic E-state index is -0.296. The lowest BCUT2D eigenvalue weighted by molar-refractivity contribution is -0.119. The lowest BCUT2D eigenvalue weighted by atomic mass is 10.1. The molecule has 0 aliphatic rings. The van der Waals surface area contributed by atoms with Gasteiger partial charge in [0.1, 0.15) is 5.82 Å². The molecular formula is C13H18FNO. The second-order valence-corrected chi connectivity index (χ2v) is 3.77. The van der Waals surface area contributed by atoms with Gasteiger partial charge in [-0.2, -0.15) is 0 Å². The van der Waals surface area contributed by atoms with E-state index in [1.54, 1.807) is 18.2 Å². The maximum Gasteiger partial charge on any atom is 0.151 e. The van der Waals surface area contributed by atoms with Crippen molar-refractivity contribution >= 4 is 5.78 Å². The predicted molar refractivity (Wildman–Crippen MR) is 62.9 cm³/mol. The number of carbonyl (C=O) groups is 1. The molecule has 0 amide bonds. The standard InChI is InChI=1S/C13H18FNO/c1-3-15(4-2)10-12(16)9-11-7-5-6-8-13(11)14/h5-8H,3-4,9-10H2,1-2H3. The Balaban J connectivity index is 2.55. The summed E-state index contributed by atoms with van der Waals surface area (Å²) in [4.78, 5) is 13.7. The second-order valence-electron chi connectivity index (χ2n) is 3.77. The number of hydrogen-bond donors (Lipinski definition) is 0. The minimum Gasteiger partial charge on any atom is -0.298 e. The molecule has 0 radical (unpaired) electrons. The van der Waals surface area contributed by atoms with Crippen molar-refractivity contribution in [1.82, 2.24) is 4.90 Å². The normalized spacial score (nSPS) is 10.8. The van der Waals surface area contributed by atoms with Gasteiger partial charge in [-0.25, -0.2) is 4.39 Å². The molecule has 88 valence electrons. The van der Waals surface area contributed by atoms with Gasteiger partial charge in [-0.3, -0.25) is 9.69 Å². The molecule has 0 aliphatic heterocycles. The van der Waals surface area contributed by atoms with Crippen molar-refractivity contribution in [2.45, 2.75) is 20.3 Å². The van der Waals surface area contributed by atoms with Gasteiger partial charge in [-0.05, 0) is 24.7 Å². The van der Waals surface area contributed by atoms with Crippen LogP contribution in [-0.2, 0) is 11.2 Å². The first-order valence-corrected chi connectivity index (χ1v) is 5.64. The minimum absolute atomic E-state index is 0.0637. The fraction of sp³-hybridized carbons (Fsp3) is 0.462. The molecule has 16 heavy (non-hydrogen) atoms. The lowest BCUT2D eigenvalue weighted by Gasteiger charge is -2.16. The van der Waals surface area contributed by atoms with Crippen LogP contribution >= 0.6 is 0 Å². The molecule has 2 nitrogen and oxygen atoms in total. The highest BCUT2D eigenvalue weighted by molar-refractivity contribution is 5.82. The van der Waals surface area contributed by atoms with E-state index in [-0.39, 0.29) is 18.0 Å². The van der Waals surface area contributed by atoms with Gasteiger partial charge >= 0.3 is 0 Å². The Morgan fingerprint density at radius 3 is 2.44 bits per heavy atom. The maximum atomic E-state index is 13.3. The van der Waals surface area contributed by atoms with Crippen LogP contribution in [0.4, 0.5) is 4.39 Å². The Kier molecular flexibility index (Phi) is 5.12. The third-order valence-electron chi connectivity index (χ3n) is 2.64. The molecule has 0 N–H and O–H groups in total. The number of halogens is 1. The largest absolute Gasteiger partial charge is 0.298 e. The Morgan fingerprint density at radius 2 is 1.88 bits per heavy atom. The van der Waals surface area contributed by atoms with Crippen LogP contribution in [0.3, 0.4) is 0 Å². The molecule has 0 unspecified atom stereocenters. The summed E-state index contributed by atoms with van der Waals surface area (Å²) in [5, 5.41) is 0. The molecular weight excluding hydrogens is 205 g/mol. The zero-order chi connectivity index (χ0) is 12.0. The topological polar surface area (TPSA) is 20.3 Å². The van der Waals surface area contributed by atoms with E-state index in [4.69, 9.17) is 0 Å². The van der Waals surface area contributed by atoms with E-state index in [9.17, 15) is 9.18 Å². The van der Waals surface area contributed by atoms with E-state index in [0.717, 1.165) is 13.1 Å². The highest BCUT2D eigenvalue weighted by Gasteiger charge is 2.10. The highest BCUT2D eigenvalue weighted by Crippen LogP contribution is 2.07. The number of nitrogens with zero attached hydrogens (tertiary/aromatic N) is 1. The Morgan fingerprint density at radius 1 is 1.25 bits per heavy atom. The third-order valence-corrected chi connectivity index (χ3v) is 2.64. The molecule has 1 aromatic rings. The molecule has 3 heteroatoms. The number of likely N-dealkylation sites (N-methyl/N-ethyl adjacent to an activating group) is 1. The summed E-state index contributed by atoms with van der Waals surface area (Å²) >= 11 is 0. The van der Waals surface area contributed by atoms with Crippen molar-refractivity contribution in [3.05, 3.63) is 35.6 Å². The predicted octanol–water partition coefficient (Wildman–Crippen LogP) is 2.28. The highest BCUT2D eigenvalue weighted by atomic mass is 19.1. The maximum absolute atomic E-state index is 13.3. The van der Waals surface area contributed by atoms with Crippen LogP contribution in [0, 0.1) is 5.82 Å². The molecule has 0 bridgehead atoms. The number of hydrogen-bond acceptors (Lipinski definition) is 2. The summed E-state index contributed by atoms with van der Waals surface area (Å²) in [5.41, 5.74) is 0.486. The van der Waals surface area contributed by atoms with Gasteiger partial charge in [-0.1, -0.05) is 32.0 Å². The first kappa shape index (κ1) is 12.8. The first-order valence-electron chi connectivity index (χ1n) is 5.64. The SMILES string of the molecule is CCN(CC)CC(=O)Cc1ccccc1F. The monoisotopic (exact) mass is 223 g/mol. The van der Waals surface area contributed by atoms with Crippen LogP contribution in [0.25, 0.3) is 0 Å². The van der Waals surface area contributed by atoms with Crippen molar-refractivity contribution < 1.29 is 9.18 Å². The van der Waals surface area contributed by atoms with E-state index >= 15 is 0 Å². The average molecular weight is 223 g/mol. The van der Waals surface area contributed by atoms with Crippen LogP contribution in [0.1, 0.15) is 19.4 Å². The Labute approximate surface area is 96.1 Å². The van der Waals surface area contributed by atoms with E-state index in [1.165, 1.54) is 6.07 Å². The van der Waals surface area contributed by atoms with Crippen LogP contribution in [0.5, 0.6) is 0 Å². The average Bonchev–Trinajstić information content (AvgIpc) is 2.29. The van der Waals surface area contributed by atoms with Crippen LogP contribution in [0.2, 0.25) is 0 Å². The Hall–Kier alpha value is -1.22. The van der Waals surface area contributed by atoms with Crippen molar-refractivity contribution in [3.63, 3.8) is 0 Å². The molecule has 0 heterocycles. The molecule has 0 aliphatic carbocycles. The van der Waals surface area contributed by atoms with E-state index in [2.05, 4.69) is 0 Å². The van der Waals surface area contributed by atoms with Gasteiger partial charge in [-0.15, -0.1) is 0 Å². The molecule has 0 aromatic heterocycles. The molecule has 1 aromatic carbocycles. The molecule has 1 rings (SSSR count). The lowest BCUT2D eigenvalue weighted by Crippen LogP contribution is -2.30. The molecule has 0 atom stereocenters. The van der Waals surface area contributed by atoms with E-state index < -0.39 is 0 Å². The van der Waals surface area contributed by atoms with Gasteiger partial charge in [0.25, 0.3) is 0 Å². The zero-order valence-corrected chi connectivity index (χ0v) is 9.87. The van der Waals surface area contributed by atoms with Gasteiger partial charge in [0.2, 0.25) is 0 Å². The summed E-state index contributed by atoms with van der Waals surface area (Å²) < 4.78 is 13.3. The Bertz CT molecular complexity index is 348. The third kappa shape index (κ3) is 3.74. The summed E-state index contributed by atoms with van der Waals surface area (Å²) in [6, 6.07) is 6.44. The van der Waals surface area contributed by atoms with Gasteiger partial charge in [0.15, 0.2) is 5.78 Å². The zero-order valence-electron chi connectivity index (χ0n) is 9.87. The molecule has 0 saturated carbocycles. The number of ketones is 1. The van der Waals surface area contributed by atoms with Crippen LogP contribution < -0.4 is 0 Å². The van der Waals surface area contributed by atoms with Gasteiger partial charge in [0.05, 0.1) is 6.54 Å². The fourth-order valence-corrected chi connectivity index (χ4v) is 1.61. The molecule has 0 fully saturated rings. The van der Waals surface area contributed by atoms with E-state index in [1.807, 2.05) is 18.7 Å². The van der Waals surface area contributed by atoms with Crippen molar-refractivity contribution in [2.75, 3.05) is 19.6 Å². The number of Topliss-reactive ketones (excluding diaryl/α,β-unsaturated/α-hetero) is 1. The number of benzene rings is 1. The second kappa shape index (κ2) is 6.38. The van der Waals surface area contributed by atoms with Crippen LogP contribution in [-0.4, -0.2) is 30.3 Å². The van der Waals surface area contributed by atoms with Crippen LogP contribution in [0.15, 0.2) is 24.3 Å². The van der Waals surface area contributed by atoms with E-state index in [0.29, 0.717) is 12.1 Å². The van der Waals surface area contributed by atoms with Gasteiger partial charge in [0, 0.05) is 6.42 Å². The van der Waals surface area contributed by atoms with Crippen molar-refractivity contribution in [2.24, 2.45) is 0 Å². The smallest absolute Gasteiger partial charge is 0.151 e. The molecule has 0 spiro atoms. The quantitative estimate of drug-likeness (QED) is 0.737. The van der Waals surface area contributed by atoms with Crippen molar-refractivity contribution in [3.8, 4) is 0 Å².